The first-order valence-electron chi connectivity index (χ1n) is 10.5. The van der Waals surface area contributed by atoms with Crippen LogP contribution in [-0.2, 0) is 17.8 Å². The number of nitrogens with zero attached hydrogens (tertiary/aromatic N) is 4. The van der Waals surface area contributed by atoms with Gasteiger partial charge in [0.15, 0.2) is 5.96 Å². The Morgan fingerprint density at radius 1 is 1.16 bits per heavy atom. The maximum atomic E-state index is 12.0. The van der Waals surface area contributed by atoms with Crippen molar-refractivity contribution in [2.24, 2.45) is 4.99 Å². The van der Waals surface area contributed by atoms with E-state index >= 15 is 0 Å². The SMILES string of the molecule is Cc1cccc(CN2CCN(C(=NCC(=O)N(C)C)NCCc3ccco3)CC2)c1.I. The molecule has 1 saturated heterocycles. The smallest absolute Gasteiger partial charge is 0.243 e. The van der Waals surface area contributed by atoms with E-state index in [1.54, 1.807) is 25.3 Å². The standard InChI is InChI=1S/C23H33N5O2.HI/c1-19-6-4-7-20(16-19)18-27-11-13-28(14-12-27)23(25-17-22(29)26(2)3)24-10-9-21-8-5-15-30-21;/h4-8,15-16H,9-14,17-18H2,1-3H3,(H,24,25);1H. The summed E-state index contributed by atoms with van der Waals surface area (Å²) in [6.07, 6.45) is 2.47. The monoisotopic (exact) mass is 539 g/mol. The van der Waals surface area contributed by atoms with Gasteiger partial charge in [0.05, 0.1) is 6.26 Å². The molecule has 1 aliphatic rings. The molecular weight excluding hydrogens is 505 g/mol. The molecule has 0 bridgehead atoms. The highest BCUT2D eigenvalue weighted by molar-refractivity contribution is 14.0. The summed E-state index contributed by atoms with van der Waals surface area (Å²) >= 11 is 0. The molecule has 2 aromatic rings. The van der Waals surface area contributed by atoms with Gasteiger partial charge in [-0.3, -0.25) is 9.69 Å². The molecule has 170 valence electrons. The number of halogens is 1. The van der Waals surface area contributed by atoms with Crippen molar-refractivity contribution in [3.05, 3.63) is 59.5 Å². The lowest BCUT2D eigenvalue weighted by molar-refractivity contribution is -0.127. The number of rotatable bonds is 7. The lowest BCUT2D eigenvalue weighted by atomic mass is 10.1. The maximum absolute atomic E-state index is 12.0. The summed E-state index contributed by atoms with van der Waals surface area (Å²) in [7, 11) is 3.51. The third kappa shape index (κ3) is 8.17. The van der Waals surface area contributed by atoms with Crippen molar-refractivity contribution >= 4 is 35.8 Å². The average Bonchev–Trinajstić information content (AvgIpc) is 3.24. The quantitative estimate of drug-likeness (QED) is 0.333. The summed E-state index contributed by atoms with van der Waals surface area (Å²) in [5, 5.41) is 3.42. The highest BCUT2D eigenvalue weighted by atomic mass is 127. The first kappa shape index (κ1) is 25.2. The van der Waals surface area contributed by atoms with Crippen LogP contribution in [0.25, 0.3) is 0 Å². The number of aliphatic imine (C=N–C) groups is 1. The number of guanidine groups is 1. The number of furan rings is 1. The second kappa shape index (κ2) is 12.7. The van der Waals surface area contributed by atoms with Crippen LogP contribution in [0.15, 0.2) is 52.1 Å². The van der Waals surface area contributed by atoms with Crippen LogP contribution in [0.2, 0.25) is 0 Å². The molecule has 7 nitrogen and oxygen atoms in total. The molecule has 0 atom stereocenters. The molecule has 1 amide bonds. The van der Waals surface area contributed by atoms with E-state index in [4.69, 9.17) is 4.42 Å². The fourth-order valence-electron chi connectivity index (χ4n) is 3.49. The van der Waals surface area contributed by atoms with Gasteiger partial charge in [0.25, 0.3) is 0 Å². The fraction of sp³-hybridized carbons (Fsp3) is 0.478. The second-order valence-electron chi connectivity index (χ2n) is 7.94. The van der Waals surface area contributed by atoms with Gasteiger partial charge in [-0.15, -0.1) is 24.0 Å². The Morgan fingerprint density at radius 3 is 2.58 bits per heavy atom. The van der Waals surface area contributed by atoms with Crippen LogP contribution in [0.3, 0.4) is 0 Å². The predicted molar refractivity (Wildman–Crippen MR) is 135 cm³/mol. The number of hydrogen-bond acceptors (Lipinski definition) is 4. The van der Waals surface area contributed by atoms with Gasteiger partial charge in [0.1, 0.15) is 12.3 Å². The molecule has 2 heterocycles. The lowest BCUT2D eigenvalue weighted by Crippen LogP contribution is -2.52. The molecule has 1 aromatic heterocycles. The number of amides is 1. The van der Waals surface area contributed by atoms with Gasteiger partial charge in [0.2, 0.25) is 5.91 Å². The molecule has 0 spiro atoms. The van der Waals surface area contributed by atoms with Crippen LogP contribution in [-0.4, -0.2) is 79.9 Å². The first-order chi connectivity index (χ1) is 14.5. The van der Waals surface area contributed by atoms with E-state index in [2.05, 4.69) is 51.3 Å². The zero-order valence-electron chi connectivity index (χ0n) is 18.7. The van der Waals surface area contributed by atoms with Gasteiger partial charge < -0.3 is 19.5 Å². The Bertz CT molecular complexity index is 830. The van der Waals surface area contributed by atoms with Crippen molar-refractivity contribution < 1.29 is 9.21 Å². The minimum Gasteiger partial charge on any atom is -0.469 e. The molecule has 0 unspecified atom stereocenters. The maximum Gasteiger partial charge on any atom is 0.243 e. The predicted octanol–water partition coefficient (Wildman–Crippen LogP) is 2.60. The molecule has 8 heteroatoms. The van der Waals surface area contributed by atoms with Crippen LogP contribution in [0.4, 0.5) is 0 Å². The molecule has 0 radical (unpaired) electrons. The largest absolute Gasteiger partial charge is 0.469 e. The Hall–Kier alpha value is -2.07. The highest BCUT2D eigenvalue weighted by Crippen LogP contribution is 2.11. The summed E-state index contributed by atoms with van der Waals surface area (Å²) in [4.78, 5) is 22.9. The van der Waals surface area contributed by atoms with Crippen LogP contribution in [0.5, 0.6) is 0 Å². The Morgan fingerprint density at radius 2 is 1.94 bits per heavy atom. The van der Waals surface area contributed by atoms with E-state index in [-0.39, 0.29) is 36.4 Å². The van der Waals surface area contributed by atoms with E-state index in [1.807, 2.05) is 12.1 Å². The van der Waals surface area contributed by atoms with Crippen LogP contribution < -0.4 is 5.32 Å². The molecule has 1 fully saturated rings. The summed E-state index contributed by atoms with van der Waals surface area (Å²) < 4.78 is 5.41. The van der Waals surface area contributed by atoms with Crippen molar-refractivity contribution in [2.75, 3.05) is 53.4 Å². The van der Waals surface area contributed by atoms with Gasteiger partial charge in [-0.05, 0) is 24.6 Å². The minimum atomic E-state index is -0.00146. The Balaban J connectivity index is 0.00000341. The zero-order valence-corrected chi connectivity index (χ0v) is 21.0. The number of hydrogen-bond donors (Lipinski definition) is 1. The first-order valence-corrected chi connectivity index (χ1v) is 10.5. The van der Waals surface area contributed by atoms with Crippen LogP contribution in [0, 0.1) is 6.92 Å². The number of likely N-dealkylation sites (N-methyl/N-ethyl adjacent to an activating group) is 1. The van der Waals surface area contributed by atoms with Gasteiger partial charge in [0, 0.05) is 59.8 Å². The number of aryl methyl sites for hydroxylation is 1. The van der Waals surface area contributed by atoms with Crippen LogP contribution in [0.1, 0.15) is 16.9 Å². The summed E-state index contributed by atoms with van der Waals surface area (Å²) in [5.41, 5.74) is 2.65. The van der Waals surface area contributed by atoms with Crippen LogP contribution >= 0.6 is 24.0 Å². The van der Waals surface area contributed by atoms with Gasteiger partial charge in [-0.25, -0.2) is 4.99 Å². The minimum absolute atomic E-state index is 0. The summed E-state index contributed by atoms with van der Waals surface area (Å²) in [5.74, 6) is 1.74. The topological polar surface area (TPSA) is 64.3 Å². The van der Waals surface area contributed by atoms with Crippen molar-refractivity contribution in [3.8, 4) is 0 Å². The van der Waals surface area contributed by atoms with Gasteiger partial charge >= 0.3 is 0 Å². The summed E-state index contributed by atoms with van der Waals surface area (Å²) in [6, 6.07) is 12.6. The average molecular weight is 539 g/mol. The van der Waals surface area contributed by atoms with Crippen molar-refractivity contribution in [3.63, 3.8) is 0 Å². The van der Waals surface area contributed by atoms with E-state index in [1.165, 1.54) is 11.1 Å². The summed E-state index contributed by atoms with van der Waals surface area (Å²) in [6.45, 7) is 7.66. The molecule has 0 aliphatic carbocycles. The molecule has 1 aliphatic heterocycles. The highest BCUT2D eigenvalue weighted by Gasteiger charge is 2.20. The normalized spacial score (nSPS) is 14.8. The molecule has 0 saturated carbocycles. The number of carbonyl (C=O) groups excluding carboxylic acids is 1. The van der Waals surface area contributed by atoms with Crippen molar-refractivity contribution in [1.29, 1.82) is 0 Å². The molecule has 1 aromatic carbocycles. The van der Waals surface area contributed by atoms with E-state index in [0.29, 0.717) is 6.54 Å². The van der Waals surface area contributed by atoms with E-state index in [0.717, 1.165) is 50.9 Å². The number of benzene rings is 1. The molecular formula is C23H34IN5O2. The number of piperazine rings is 1. The zero-order chi connectivity index (χ0) is 21.3. The van der Waals surface area contributed by atoms with Crippen molar-refractivity contribution in [1.82, 2.24) is 20.0 Å². The fourth-order valence-corrected chi connectivity index (χ4v) is 3.49. The number of carbonyl (C=O) groups is 1. The van der Waals surface area contributed by atoms with Gasteiger partial charge in [-0.2, -0.15) is 0 Å². The third-order valence-corrected chi connectivity index (χ3v) is 5.26. The third-order valence-electron chi connectivity index (χ3n) is 5.26. The Labute approximate surface area is 202 Å². The van der Waals surface area contributed by atoms with Crippen molar-refractivity contribution in [2.45, 2.75) is 19.9 Å². The van der Waals surface area contributed by atoms with Gasteiger partial charge in [-0.1, -0.05) is 29.8 Å². The number of nitrogens with one attached hydrogen (secondary N) is 1. The molecule has 1 N–H and O–H groups in total. The van der Waals surface area contributed by atoms with E-state index < -0.39 is 0 Å². The second-order valence-corrected chi connectivity index (χ2v) is 7.94. The Kier molecular flexibility index (Phi) is 10.3. The molecule has 31 heavy (non-hydrogen) atoms. The lowest BCUT2D eigenvalue weighted by Gasteiger charge is -2.36. The molecule has 3 rings (SSSR count). The van der Waals surface area contributed by atoms with E-state index in [9.17, 15) is 4.79 Å².